The van der Waals surface area contributed by atoms with Gasteiger partial charge in [-0.1, -0.05) is 36.8 Å². The number of fused-ring (bicyclic) bond motifs is 1. The van der Waals surface area contributed by atoms with Crippen LogP contribution in [0.3, 0.4) is 0 Å². The smallest absolute Gasteiger partial charge is 0.247 e. The molecule has 3 heteroatoms. The second-order valence-electron chi connectivity index (χ2n) is 6.22. The Labute approximate surface area is 138 Å². The lowest BCUT2D eigenvalue weighted by Gasteiger charge is -2.34. The highest BCUT2D eigenvalue weighted by molar-refractivity contribution is 5.95. The van der Waals surface area contributed by atoms with Gasteiger partial charge in [0.1, 0.15) is 0 Å². The van der Waals surface area contributed by atoms with Gasteiger partial charge in [-0.15, -0.1) is 0 Å². The first-order valence-corrected chi connectivity index (χ1v) is 8.33. The summed E-state index contributed by atoms with van der Waals surface area (Å²) >= 11 is 0. The summed E-state index contributed by atoms with van der Waals surface area (Å²) in [6.45, 7) is 7.92. The van der Waals surface area contributed by atoms with Crippen LogP contribution in [0, 0.1) is 6.92 Å². The maximum absolute atomic E-state index is 12.8. The fraction of sp³-hybridized carbons (Fsp3) is 0.350. The highest BCUT2D eigenvalue weighted by atomic mass is 16.2. The minimum Gasteiger partial charge on any atom is -0.348 e. The molecule has 0 aliphatic carbocycles. The fourth-order valence-corrected chi connectivity index (χ4v) is 3.27. The van der Waals surface area contributed by atoms with Crippen LogP contribution in [0.5, 0.6) is 0 Å². The van der Waals surface area contributed by atoms with E-state index in [0.29, 0.717) is 0 Å². The molecular weight excluding hydrogens is 284 g/mol. The Morgan fingerprint density at radius 2 is 1.96 bits per heavy atom. The Morgan fingerprint density at radius 3 is 2.65 bits per heavy atom. The van der Waals surface area contributed by atoms with E-state index in [1.165, 1.54) is 11.3 Å². The zero-order valence-corrected chi connectivity index (χ0v) is 14.1. The molecule has 1 aromatic heterocycles. The molecule has 2 aromatic rings. The van der Waals surface area contributed by atoms with Gasteiger partial charge in [0, 0.05) is 31.1 Å². The Kier molecular flexibility index (Phi) is 4.37. The average molecular weight is 308 g/mol. The van der Waals surface area contributed by atoms with E-state index in [4.69, 9.17) is 0 Å². The van der Waals surface area contributed by atoms with E-state index < -0.39 is 0 Å². The van der Waals surface area contributed by atoms with Crippen LogP contribution in [-0.4, -0.2) is 21.9 Å². The van der Waals surface area contributed by atoms with Gasteiger partial charge in [-0.05, 0) is 43.5 Å². The first-order chi connectivity index (χ1) is 11.1. The number of allylic oxidation sites excluding steroid dienone is 1. The quantitative estimate of drug-likeness (QED) is 0.780. The number of hydrogen-bond donors (Lipinski definition) is 0. The molecule has 0 spiro atoms. The zero-order valence-electron chi connectivity index (χ0n) is 14.1. The zero-order chi connectivity index (χ0) is 16.4. The van der Waals surface area contributed by atoms with E-state index in [-0.39, 0.29) is 11.9 Å². The highest BCUT2D eigenvalue weighted by Crippen LogP contribution is 2.27. The van der Waals surface area contributed by atoms with Crippen molar-refractivity contribution in [2.75, 3.05) is 6.54 Å². The van der Waals surface area contributed by atoms with Crippen molar-refractivity contribution in [2.45, 2.75) is 39.8 Å². The molecule has 1 unspecified atom stereocenters. The number of amides is 1. The lowest BCUT2D eigenvalue weighted by Crippen LogP contribution is -2.39. The van der Waals surface area contributed by atoms with E-state index in [2.05, 4.69) is 67.9 Å². The lowest BCUT2D eigenvalue weighted by molar-refractivity contribution is -0.129. The van der Waals surface area contributed by atoms with Crippen molar-refractivity contribution in [1.29, 1.82) is 0 Å². The molecule has 1 amide bonds. The Balaban J connectivity index is 1.83. The molecule has 0 saturated carbocycles. The molecule has 0 saturated heterocycles. The summed E-state index contributed by atoms with van der Waals surface area (Å²) in [6, 6.07) is 12.7. The van der Waals surface area contributed by atoms with Crippen LogP contribution in [0.15, 0.2) is 48.7 Å². The molecule has 0 radical (unpaired) electrons. The second-order valence-corrected chi connectivity index (χ2v) is 6.22. The monoisotopic (exact) mass is 308 g/mol. The van der Waals surface area contributed by atoms with Crippen LogP contribution in [0.1, 0.15) is 43.1 Å². The molecule has 1 atom stereocenters. The standard InChI is InChI=1S/C20H24N2O/c1-4-17(18-9-7-15(2)8-10-18)14-20(23)22-13-12-21-11-5-6-19(21)16(22)3/h5-11,14,16H,4,12-13H2,1-3H3. The number of hydrogen-bond acceptors (Lipinski definition) is 1. The molecule has 0 fully saturated rings. The van der Waals surface area contributed by atoms with Crippen LogP contribution < -0.4 is 0 Å². The normalized spacial score (nSPS) is 18.0. The molecule has 1 aliphatic heterocycles. The minimum absolute atomic E-state index is 0.113. The molecule has 0 bridgehead atoms. The van der Waals surface area contributed by atoms with E-state index in [1.807, 2.05) is 11.0 Å². The molecule has 1 aliphatic rings. The van der Waals surface area contributed by atoms with Crippen molar-refractivity contribution in [3.63, 3.8) is 0 Å². The van der Waals surface area contributed by atoms with E-state index >= 15 is 0 Å². The summed E-state index contributed by atoms with van der Waals surface area (Å²) < 4.78 is 2.23. The third kappa shape index (κ3) is 3.09. The number of rotatable bonds is 3. The van der Waals surface area contributed by atoms with Gasteiger partial charge >= 0.3 is 0 Å². The van der Waals surface area contributed by atoms with E-state index in [9.17, 15) is 4.79 Å². The maximum atomic E-state index is 12.8. The summed E-state index contributed by atoms with van der Waals surface area (Å²) in [5.74, 6) is 0.113. The largest absolute Gasteiger partial charge is 0.348 e. The van der Waals surface area contributed by atoms with Gasteiger partial charge in [0.2, 0.25) is 5.91 Å². The second kappa shape index (κ2) is 6.45. The van der Waals surface area contributed by atoms with Gasteiger partial charge in [-0.2, -0.15) is 0 Å². The van der Waals surface area contributed by atoms with Crippen molar-refractivity contribution in [3.8, 4) is 0 Å². The van der Waals surface area contributed by atoms with Crippen molar-refractivity contribution in [2.24, 2.45) is 0 Å². The van der Waals surface area contributed by atoms with Gasteiger partial charge in [-0.3, -0.25) is 4.79 Å². The van der Waals surface area contributed by atoms with Gasteiger partial charge in [0.15, 0.2) is 0 Å². The number of carbonyl (C=O) groups is 1. The first kappa shape index (κ1) is 15.6. The van der Waals surface area contributed by atoms with Crippen LogP contribution in [0.25, 0.3) is 5.57 Å². The van der Waals surface area contributed by atoms with Crippen molar-refractivity contribution >= 4 is 11.5 Å². The summed E-state index contributed by atoms with van der Waals surface area (Å²) in [5.41, 5.74) is 4.69. The van der Waals surface area contributed by atoms with Crippen LogP contribution >= 0.6 is 0 Å². The minimum atomic E-state index is 0.113. The molecule has 1 aromatic carbocycles. The van der Waals surface area contributed by atoms with Gasteiger partial charge in [-0.25, -0.2) is 0 Å². The van der Waals surface area contributed by atoms with Crippen LogP contribution in [0.4, 0.5) is 0 Å². The maximum Gasteiger partial charge on any atom is 0.247 e. The van der Waals surface area contributed by atoms with Crippen LogP contribution in [-0.2, 0) is 11.3 Å². The number of aryl methyl sites for hydroxylation is 1. The Bertz CT molecular complexity index is 724. The third-order valence-corrected chi connectivity index (χ3v) is 4.73. The van der Waals surface area contributed by atoms with Crippen LogP contribution in [0.2, 0.25) is 0 Å². The molecule has 3 nitrogen and oxygen atoms in total. The predicted octanol–water partition coefficient (Wildman–Crippen LogP) is 4.19. The third-order valence-electron chi connectivity index (χ3n) is 4.73. The predicted molar refractivity (Wildman–Crippen MR) is 94.0 cm³/mol. The summed E-state index contributed by atoms with van der Waals surface area (Å²) in [4.78, 5) is 14.8. The average Bonchev–Trinajstić information content (AvgIpc) is 3.03. The molecule has 0 N–H and O–H groups in total. The number of benzene rings is 1. The van der Waals surface area contributed by atoms with Gasteiger partial charge < -0.3 is 9.47 Å². The highest BCUT2D eigenvalue weighted by Gasteiger charge is 2.26. The summed E-state index contributed by atoms with van der Waals surface area (Å²) in [6.07, 6.45) is 4.76. The van der Waals surface area contributed by atoms with Gasteiger partial charge in [0.05, 0.1) is 6.04 Å². The van der Waals surface area contributed by atoms with Crippen molar-refractivity contribution < 1.29 is 4.79 Å². The Morgan fingerprint density at radius 1 is 1.22 bits per heavy atom. The summed E-state index contributed by atoms with van der Waals surface area (Å²) in [5, 5.41) is 0. The number of nitrogens with zero attached hydrogens (tertiary/aromatic N) is 2. The van der Waals surface area contributed by atoms with Crippen molar-refractivity contribution in [3.05, 3.63) is 65.5 Å². The summed E-state index contributed by atoms with van der Waals surface area (Å²) in [7, 11) is 0. The molecular formula is C20H24N2O. The lowest BCUT2D eigenvalue weighted by atomic mass is 10.0. The van der Waals surface area contributed by atoms with E-state index in [1.54, 1.807) is 0 Å². The topological polar surface area (TPSA) is 25.2 Å². The molecule has 23 heavy (non-hydrogen) atoms. The number of carbonyl (C=O) groups excluding carboxylic acids is 1. The number of aromatic nitrogens is 1. The molecule has 2 heterocycles. The SMILES string of the molecule is CCC(=CC(=O)N1CCn2cccc2C1C)c1ccc(C)cc1. The Hall–Kier alpha value is -2.29. The van der Waals surface area contributed by atoms with Crippen molar-refractivity contribution in [1.82, 2.24) is 9.47 Å². The van der Waals surface area contributed by atoms with Gasteiger partial charge in [0.25, 0.3) is 0 Å². The van der Waals surface area contributed by atoms with E-state index in [0.717, 1.165) is 30.6 Å². The molecule has 3 rings (SSSR count). The first-order valence-electron chi connectivity index (χ1n) is 8.33. The fourth-order valence-electron chi connectivity index (χ4n) is 3.27. The molecule has 120 valence electrons.